The number of nitro groups is 1. The number of nitriles is 1. The Bertz CT molecular complexity index is 999. The molecule has 0 bridgehead atoms. The molecule has 1 aromatic carbocycles. The monoisotopic (exact) mass is 427 g/mol. The van der Waals surface area contributed by atoms with Crippen molar-refractivity contribution in [2.24, 2.45) is 11.3 Å². The number of fused-ring (bicyclic) bond motifs is 1. The van der Waals surface area contributed by atoms with Gasteiger partial charge < -0.3 is 10.1 Å². The van der Waals surface area contributed by atoms with Crippen LogP contribution in [0.1, 0.15) is 50.1 Å². The summed E-state index contributed by atoms with van der Waals surface area (Å²) in [6, 6.07) is 7.83. The van der Waals surface area contributed by atoms with Gasteiger partial charge in [-0.15, -0.1) is 11.3 Å². The maximum Gasteiger partial charge on any atom is 0.269 e. The van der Waals surface area contributed by atoms with Gasteiger partial charge in [0.2, 0.25) is 0 Å². The number of hydrogen-bond donors (Lipinski definition) is 1. The molecule has 30 heavy (non-hydrogen) atoms. The molecule has 8 heteroatoms. The molecule has 1 heterocycles. The molecule has 1 N–H and O–H groups in total. The minimum absolute atomic E-state index is 0.0455. The number of ether oxygens (including phenoxy) is 1. The summed E-state index contributed by atoms with van der Waals surface area (Å²) in [7, 11) is 0. The zero-order valence-corrected chi connectivity index (χ0v) is 18.3. The first-order valence-corrected chi connectivity index (χ1v) is 10.7. The molecule has 2 atom stereocenters. The number of carbonyl (C=O) groups excluding carboxylic acids is 1. The SMILES string of the molecule is C[C@@H](Oc1ccc([N+](=O)[O-])cc1)C(=O)Nc1sc2c(c1C#N)CC[C@@H](C(C)(C)C)C2. The van der Waals surface area contributed by atoms with Crippen molar-refractivity contribution in [2.75, 3.05) is 5.32 Å². The van der Waals surface area contributed by atoms with E-state index in [0.717, 1.165) is 24.8 Å². The Labute approximate surface area is 179 Å². The number of hydrogen-bond acceptors (Lipinski definition) is 6. The van der Waals surface area contributed by atoms with E-state index in [4.69, 9.17) is 4.74 Å². The molecular formula is C22H25N3O4S. The molecule has 2 aromatic rings. The lowest BCUT2D eigenvalue weighted by Gasteiger charge is -2.33. The molecule has 0 saturated carbocycles. The topological polar surface area (TPSA) is 105 Å². The molecule has 0 unspecified atom stereocenters. The van der Waals surface area contributed by atoms with Crippen LogP contribution in [0.4, 0.5) is 10.7 Å². The largest absolute Gasteiger partial charge is 0.481 e. The van der Waals surface area contributed by atoms with Crippen LogP contribution in [0.15, 0.2) is 24.3 Å². The minimum Gasteiger partial charge on any atom is -0.481 e. The van der Waals surface area contributed by atoms with Gasteiger partial charge in [-0.2, -0.15) is 5.26 Å². The third-order valence-corrected chi connectivity index (χ3v) is 6.74. The van der Waals surface area contributed by atoms with Crippen molar-refractivity contribution >= 4 is 27.9 Å². The molecule has 1 aromatic heterocycles. The van der Waals surface area contributed by atoms with Crippen molar-refractivity contribution in [3.63, 3.8) is 0 Å². The second-order valence-corrected chi connectivity index (χ2v) is 9.73. The van der Waals surface area contributed by atoms with E-state index in [1.807, 2.05) is 0 Å². The third kappa shape index (κ3) is 4.62. The Balaban J connectivity index is 1.71. The van der Waals surface area contributed by atoms with E-state index in [0.29, 0.717) is 22.2 Å². The lowest BCUT2D eigenvalue weighted by atomic mass is 9.72. The van der Waals surface area contributed by atoms with Crippen molar-refractivity contribution in [2.45, 2.75) is 53.1 Å². The quantitative estimate of drug-likeness (QED) is 0.529. The summed E-state index contributed by atoms with van der Waals surface area (Å²) in [5.41, 5.74) is 1.77. The number of thiophene rings is 1. The Morgan fingerprint density at radius 3 is 2.60 bits per heavy atom. The second kappa shape index (κ2) is 8.44. The predicted molar refractivity (Wildman–Crippen MR) is 116 cm³/mol. The molecule has 158 valence electrons. The standard InChI is InChI=1S/C22H25N3O4S/c1-13(29-16-8-6-15(7-9-16)25(27)28)20(26)24-21-18(12-23)17-10-5-14(22(2,3)4)11-19(17)30-21/h6-9,13-14H,5,10-11H2,1-4H3,(H,24,26)/t13-,14-/m1/s1. The zero-order chi connectivity index (χ0) is 22.1. The van der Waals surface area contributed by atoms with Gasteiger partial charge in [0.15, 0.2) is 6.10 Å². The summed E-state index contributed by atoms with van der Waals surface area (Å²) >= 11 is 1.48. The maximum atomic E-state index is 12.6. The van der Waals surface area contributed by atoms with Crippen molar-refractivity contribution in [3.05, 3.63) is 50.4 Å². The first-order chi connectivity index (χ1) is 14.1. The van der Waals surface area contributed by atoms with E-state index in [2.05, 4.69) is 32.2 Å². The van der Waals surface area contributed by atoms with Crippen molar-refractivity contribution in [3.8, 4) is 11.8 Å². The van der Waals surface area contributed by atoms with Crippen LogP contribution >= 0.6 is 11.3 Å². The molecule has 0 fully saturated rings. The van der Waals surface area contributed by atoms with E-state index in [-0.39, 0.29) is 17.0 Å². The van der Waals surface area contributed by atoms with Gasteiger partial charge in [0.1, 0.15) is 16.8 Å². The van der Waals surface area contributed by atoms with Gasteiger partial charge >= 0.3 is 0 Å². The van der Waals surface area contributed by atoms with Gasteiger partial charge in [0.05, 0.1) is 10.5 Å². The summed E-state index contributed by atoms with van der Waals surface area (Å²) in [6.07, 6.45) is 1.98. The molecule has 3 rings (SSSR count). The van der Waals surface area contributed by atoms with E-state index >= 15 is 0 Å². The molecule has 1 amide bonds. The number of nitro benzene ring substituents is 1. The van der Waals surface area contributed by atoms with E-state index in [9.17, 15) is 20.2 Å². The highest BCUT2D eigenvalue weighted by molar-refractivity contribution is 7.16. The molecule has 1 aliphatic rings. The lowest BCUT2D eigenvalue weighted by Crippen LogP contribution is -2.30. The van der Waals surface area contributed by atoms with Crippen molar-refractivity contribution in [1.82, 2.24) is 0 Å². The van der Waals surface area contributed by atoms with Crippen LogP contribution < -0.4 is 10.1 Å². The number of nitrogens with one attached hydrogen (secondary N) is 1. The number of anilines is 1. The van der Waals surface area contributed by atoms with Gasteiger partial charge in [-0.3, -0.25) is 14.9 Å². The molecule has 1 aliphatic carbocycles. The van der Waals surface area contributed by atoms with E-state index in [1.165, 1.54) is 40.5 Å². The number of carbonyl (C=O) groups is 1. The number of amides is 1. The third-order valence-electron chi connectivity index (χ3n) is 5.57. The first-order valence-electron chi connectivity index (χ1n) is 9.86. The normalized spacial score (nSPS) is 16.8. The summed E-state index contributed by atoms with van der Waals surface area (Å²) in [6.45, 7) is 8.32. The van der Waals surface area contributed by atoms with Crippen LogP contribution in [0.25, 0.3) is 0 Å². The smallest absolute Gasteiger partial charge is 0.269 e. The number of rotatable bonds is 5. The average molecular weight is 428 g/mol. The second-order valence-electron chi connectivity index (χ2n) is 8.63. The molecule has 7 nitrogen and oxygen atoms in total. The van der Waals surface area contributed by atoms with Crippen LogP contribution in [-0.2, 0) is 17.6 Å². The van der Waals surface area contributed by atoms with Gasteiger partial charge in [-0.25, -0.2) is 0 Å². The van der Waals surface area contributed by atoms with Gasteiger partial charge in [-0.1, -0.05) is 20.8 Å². The number of non-ortho nitro benzene ring substituents is 1. The van der Waals surface area contributed by atoms with E-state index < -0.39 is 11.0 Å². The Morgan fingerprint density at radius 1 is 1.37 bits per heavy atom. The van der Waals surface area contributed by atoms with E-state index in [1.54, 1.807) is 6.92 Å². The van der Waals surface area contributed by atoms with Crippen LogP contribution in [0.2, 0.25) is 0 Å². The highest BCUT2D eigenvalue weighted by Crippen LogP contribution is 2.44. The Hall–Kier alpha value is -2.92. The highest BCUT2D eigenvalue weighted by atomic mass is 32.1. The van der Waals surface area contributed by atoms with Crippen molar-refractivity contribution in [1.29, 1.82) is 5.26 Å². The number of benzene rings is 1. The minimum atomic E-state index is -0.820. The predicted octanol–water partition coefficient (Wildman–Crippen LogP) is 5.08. The molecule has 0 aliphatic heterocycles. The van der Waals surface area contributed by atoms with Gasteiger partial charge in [0, 0.05) is 17.0 Å². The van der Waals surface area contributed by atoms with Crippen LogP contribution in [0, 0.1) is 32.8 Å². The van der Waals surface area contributed by atoms with Crippen LogP contribution in [-0.4, -0.2) is 16.9 Å². The number of nitrogens with zero attached hydrogens (tertiary/aromatic N) is 2. The average Bonchev–Trinajstić information content (AvgIpc) is 3.03. The highest BCUT2D eigenvalue weighted by Gasteiger charge is 2.32. The van der Waals surface area contributed by atoms with Gasteiger partial charge in [-0.05, 0) is 55.2 Å². The fraction of sp³-hybridized carbons (Fsp3) is 0.455. The first kappa shape index (κ1) is 21.8. The summed E-state index contributed by atoms with van der Waals surface area (Å²) in [5.74, 6) is 0.543. The van der Waals surface area contributed by atoms with Crippen molar-refractivity contribution < 1.29 is 14.5 Å². The Kier molecular flexibility index (Phi) is 6.13. The fourth-order valence-electron chi connectivity index (χ4n) is 3.65. The summed E-state index contributed by atoms with van der Waals surface area (Å²) < 4.78 is 5.61. The summed E-state index contributed by atoms with van der Waals surface area (Å²) in [5, 5.41) is 23.8. The van der Waals surface area contributed by atoms with Crippen LogP contribution in [0.5, 0.6) is 5.75 Å². The van der Waals surface area contributed by atoms with Crippen LogP contribution in [0.3, 0.4) is 0 Å². The lowest BCUT2D eigenvalue weighted by molar-refractivity contribution is -0.384. The summed E-state index contributed by atoms with van der Waals surface area (Å²) in [4.78, 5) is 24.1. The molecule has 0 radical (unpaired) electrons. The zero-order valence-electron chi connectivity index (χ0n) is 17.5. The molecular weight excluding hydrogens is 402 g/mol. The molecule has 0 spiro atoms. The fourth-order valence-corrected chi connectivity index (χ4v) is 4.93. The molecule has 0 saturated heterocycles. The van der Waals surface area contributed by atoms with Gasteiger partial charge in [0.25, 0.3) is 11.6 Å². The Morgan fingerprint density at radius 2 is 2.03 bits per heavy atom. The maximum absolute atomic E-state index is 12.6.